The van der Waals surface area contributed by atoms with Crippen LogP contribution in [0, 0.1) is 6.92 Å². The van der Waals surface area contributed by atoms with E-state index in [1.165, 1.54) is 12.3 Å². The van der Waals surface area contributed by atoms with Crippen LogP contribution in [0.5, 0.6) is 0 Å². The zero-order chi connectivity index (χ0) is 32.0. The van der Waals surface area contributed by atoms with Crippen LogP contribution in [0.4, 0.5) is 8.78 Å². The Morgan fingerprint density at radius 1 is 1.09 bits per heavy atom. The number of aryl methyl sites for hydroxylation is 1. The molecule has 3 heterocycles. The summed E-state index contributed by atoms with van der Waals surface area (Å²) in [5, 5.41) is 17.2. The SMILES string of the molecule is Cc1coc([C@H]2CCCN2C(=O)c2cccc(C(=O)N[C@@H](Cc3ccccc3)[C@H](O)CNCc3cncc(C(C)(F)F)c3)c2)n1. The van der Waals surface area contributed by atoms with Gasteiger partial charge in [0.25, 0.3) is 17.7 Å². The van der Waals surface area contributed by atoms with Gasteiger partial charge in [0.05, 0.1) is 17.8 Å². The largest absolute Gasteiger partial charge is 0.446 e. The lowest BCUT2D eigenvalue weighted by atomic mass is 10.00. The number of carbonyl (C=O) groups is 2. The van der Waals surface area contributed by atoms with E-state index in [9.17, 15) is 23.5 Å². The molecule has 1 saturated heterocycles. The first-order chi connectivity index (χ1) is 21.6. The molecule has 2 amide bonds. The second-order valence-corrected chi connectivity index (χ2v) is 11.5. The predicted molar refractivity (Wildman–Crippen MR) is 164 cm³/mol. The number of aromatic nitrogens is 2. The first-order valence-corrected chi connectivity index (χ1v) is 15.0. The number of pyridine rings is 1. The number of rotatable bonds is 12. The number of halogens is 2. The number of oxazole rings is 1. The van der Waals surface area contributed by atoms with Crippen LogP contribution >= 0.6 is 0 Å². The molecule has 9 nitrogen and oxygen atoms in total. The summed E-state index contributed by atoms with van der Waals surface area (Å²) in [6.07, 6.45) is 5.08. The van der Waals surface area contributed by atoms with Crippen LogP contribution in [-0.4, -0.2) is 57.0 Å². The number of nitrogens with zero attached hydrogens (tertiary/aromatic N) is 3. The Hall–Kier alpha value is -4.48. The van der Waals surface area contributed by atoms with Gasteiger partial charge in [-0.25, -0.2) is 13.8 Å². The molecule has 11 heteroatoms. The molecule has 0 unspecified atom stereocenters. The molecule has 2 aromatic heterocycles. The fourth-order valence-corrected chi connectivity index (χ4v) is 5.49. The normalized spacial score (nSPS) is 16.4. The molecule has 0 saturated carbocycles. The summed E-state index contributed by atoms with van der Waals surface area (Å²) in [6, 6.07) is 16.4. The molecule has 0 aliphatic carbocycles. The molecule has 236 valence electrons. The summed E-state index contributed by atoms with van der Waals surface area (Å²) in [4.78, 5) is 37.1. The Kier molecular flexibility index (Phi) is 9.99. The second kappa shape index (κ2) is 14.1. The fraction of sp³-hybridized carbons (Fsp3) is 0.353. The summed E-state index contributed by atoms with van der Waals surface area (Å²) in [6.45, 7) is 3.49. The van der Waals surface area contributed by atoms with Gasteiger partial charge >= 0.3 is 0 Å². The smallest absolute Gasteiger partial charge is 0.272 e. The third-order valence-electron chi connectivity index (χ3n) is 7.87. The molecular formula is C34H37F2N5O4. The Morgan fingerprint density at radius 2 is 1.87 bits per heavy atom. The summed E-state index contributed by atoms with van der Waals surface area (Å²) in [5.74, 6) is -3.16. The maximum absolute atomic E-state index is 13.7. The van der Waals surface area contributed by atoms with Crippen LogP contribution < -0.4 is 10.6 Å². The molecular weight excluding hydrogens is 580 g/mol. The van der Waals surface area contributed by atoms with Gasteiger partial charge in [-0.1, -0.05) is 36.4 Å². The highest BCUT2D eigenvalue weighted by atomic mass is 19.3. The number of amides is 2. The molecule has 5 rings (SSSR count). The summed E-state index contributed by atoms with van der Waals surface area (Å²) in [7, 11) is 0. The van der Waals surface area contributed by atoms with Crippen LogP contribution in [0.3, 0.4) is 0 Å². The standard InChI is InChI=1S/C34H37F2N5O4/c1-22-21-45-32(39-22)29-12-7-13-41(29)33(44)26-11-6-10-25(16-26)31(43)40-28(15-23-8-4-3-5-9-23)30(42)20-38-18-24-14-27(19-37-17-24)34(2,35)36/h3-6,8-11,14,16-17,19,21,28-30,38,42H,7,12-13,15,18,20H2,1-2H3,(H,40,43)/t28-,29+,30+/m0/s1. The van der Waals surface area contributed by atoms with Crippen molar-refractivity contribution in [1.29, 1.82) is 0 Å². The Labute approximate surface area is 260 Å². The average Bonchev–Trinajstić information content (AvgIpc) is 3.70. The number of hydrogen-bond donors (Lipinski definition) is 3. The van der Waals surface area contributed by atoms with E-state index in [1.807, 2.05) is 37.3 Å². The van der Waals surface area contributed by atoms with E-state index in [4.69, 9.17) is 4.42 Å². The molecule has 3 atom stereocenters. The topological polar surface area (TPSA) is 121 Å². The van der Waals surface area contributed by atoms with Crippen molar-refractivity contribution in [1.82, 2.24) is 25.5 Å². The van der Waals surface area contributed by atoms with Crippen LogP contribution in [-0.2, 0) is 18.9 Å². The number of benzene rings is 2. The number of hydrogen-bond acceptors (Lipinski definition) is 7. The second-order valence-electron chi connectivity index (χ2n) is 11.5. The number of nitrogens with one attached hydrogen (secondary N) is 2. The Balaban J connectivity index is 1.26. The lowest BCUT2D eigenvalue weighted by Gasteiger charge is -2.25. The number of aliphatic hydroxyl groups is 1. The molecule has 1 fully saturated rings. The highest BCUT2D eigenvalue weighted by Gasteiger charge is 2.34. The summed E-state index contributed by atoms with van der Waals surface area (Å²) in [5.41, 5.74) is 2.67. The predicted octanol–water partition coefficient (Wildman–Crippen LogP) is 4.96. The Morgan fingerprint density at radius 3 is 2.60 bits per heavy atom. The number of alkyl halides is 2. The molecule has 1 aliphatic heterocycles. The number of carbonyl (C=O) groups excluding carboxylic acids is 2. The van der Waals surface area contributed by atoms with E-state index in [2.05, 4.69) is 20.6 Å². The van der Waals surface area contributed by atoms with Crippen molar-refractivity contribution in [3.05, 3.63) is 119 Å². The van der Waals surface area contributed by atoms with Crippen molar-refractivity contribution in [2.45, 2.75) is 63.8 Å². The quantitative estimate of drug-likeness (QED) is 0.206. The summed E-state index contributed by atoms with van der Waals surface area (Å²) >= 11 is 0. The van der Waals surface area contributed by atoms with Gasteiger partial charge in [-0.2, -0.15) is 0 Å². The molecule has 45 heavy (non-hydrogen) atoms. The minimum absolute atomic E-state index is 0.0830. The zero-order valence-corrected chi connectivity index (χ0v) is 25.2. The van der Waals surface area contributed by atoms with E-state index in [0.29, 0.717) is 30.0 Å². The monoisotopic (exact) mass is 617 g/mol. The van der Waals surface area contributed by atoms with E-state index in [-0.39, 0.29) is 36.2 Å². The van der Waals surface area contributed by atoms with E-state index in [1.54, 1.807) is 35.4 Å². The highest BCUT2D eigenvalue weighted by Crippen LogP contribution is 2.33. The minimum atomic E-state index is -3.01. The van der Waals surface area contributed by atoms with Gasteiger partial charge in [0, 0.05) is 55.6 Å². The minimum Gasteiger partial charge on any atom is -0.446 e. The van der Waals surface area contributed by atoms with Crippen LogP contribution in [0.15, 0.2) is 83.7 Å². The van der Waals surface area contributed by atoms with Crippen molar-refractivity contribution >= 4 is 11.8 Å². The lowest BCUT2D eigenvalue weighted by Crippen LogP contribution is -2.48. The van der Waals surface area contributed by atoms with Gasteiger partial charge in [-0.05, 0) is 61.6 Å². The van der Waals surface area contributed by atoms with Crippen molar-refractivity contribution in [3.63, 3.8) is 0 Å². The molecule has 2 aromatic carbocycles. The maximum Gasteiger partial charge on any atom is 0.272 e. The van der Waals surface area contributed by atoms with Crippen molar-refractivity contribution in [3.8, 4) is 0 Å². The van der Waals surface area contributed by atoms with E-state index < -0.39 is 24.0 Å². The van der Waals surface area contributed by atoms with Gasteiger partial charge in [0.15, 0.2) is 0 Å². The lowest BCUT2D eigenvalue weighted by molar-refractivity contribution is 0.0170. The van der Waals surface area contributed by atoms with Crippen molar-refractivity contribution in [2.75, 3.05) is 13.1 Å². The van der Waals surface area contributed by atoms with Gasteiger partial charge < -0.3 is 25.1 Å². The Bertz CT molecular complexity index is 1610. The molecule has 0 radical (unpaired) electrons. The molecule has 1 aliphatic rings. The zero-order valence-electron chi connectivity index (χ0n) is 25.2. The number of likely N-dealkylation sites (tertiary alicyclic amines) is 1. The van der Waals surface area contributed by atoms with Crippen LogP contribution in [0.25, 0.3) is 0 Å². The van der Waals surface area contributed by atoms with E-state index >= 15 is 0 Å². The first kappa shape index (κ1) is 31.9. The number of aliphatic hydroxyl groups excluding tert-OH is 1. The van der Waals surface area contributed by atoms with Gasteiger partial charge in [-0.3, -0.25) is 14.6 Å². The van der Waals surface area contributed by atoms with Crippen molar-refractivity contribution < 1.29 is 27.9 Å². The van der Waals surface area contributed by atoms with Crippen LogP contribution in [0.1, 0.15) is 74.8 Å². The third kappa shape index (κ3) is 8.17. The third-order valence-corrected chi connectivity index (χ3v) is 7.87. The molecule has 3 N–H and O–H groups in total. The average molecular weight is 618 g/mol. The van der Waals surface area contributed by atoms with Crippen molar-refractivity contribution in [2.24, 2.45) is 0 Å². The van der Waals surface area contributed by atoms with Gasteiger partial charge in [0.2, 0.25) is 5.89 Å². The van der Waals surface area contributed by atoms with Crippen LogP contribution in [0.2, 0.25) is 0 Å². The first-order valence-electron chi connectivity index (χ1n) is 15.0. The molecule has 0 bridgehead atoms. The fourth-order valence-electron chi connectivity index (χ4n) is 5.49. The summed E-state index contributed by atoms with van der Waals surface area (Å²) < 4.78 is 33.0. The molecule has 4 aromatic rings. The van der Waals surface area contributed by atoms with Gasteiger partial charge in [0.1, 0.15) is 12.3 Å². The van der Waals surface area contributed by atoms with E-state index in [0.717, 1.165) is 37.2 Å². The highest BCUT2D eigenvalue weighted by molar-refractivity contribution is 6.00. The molecule has 0 spiro atoms. The maximum atomic E-state index is 13.7. The van der Waals surface area contributed by atoms with Gasteiger partial charge in [-0.15, -0.1) is 0 Å².